The van der Waals surface area contributed by atoms with E-state index in [4.69, 9.17) is 4.74 Å². The van der Waals surface area contributed by atoms with Crippen molar-refractivity contribution in [3.63, 3.8) is 0 Å². The highest BCUT2D eigenvalue weighted by atomic mass is 19.3. The van der Waals surface area contributed by atoms with E-state index in [1.165, 1.54) is 24.1 Å². The number of benzene rings is 3. The summed E-state index contributed by atoms with van der Waals surface area (Å²) in [6.07, 6.45) is 0. The fraction of sp³-hybridized carbons (Fsp3) is 0.167. The normalized spacial score (nSPS) is 10.6. The molecule has 31 heavy (non-hydrogen) atoms. The maximum absolute atomic E-state index is 13.1. The Bertz CT molecular complexity index is 1070. The molecule has 0 aromatic heterocycles. The van der Waals surface area contributed by atoms with Crippen LogP contribution in [0.4, 0.5) is 8.78 Å². The highest BCUT2D eigenvalue weighted by Gasteiger charge is 2.21. The van der Waals surface area contributed by atoms with E-state index in [0.717, 1.165) is 0 Å². The zero-order valence-electron chi connectivity index (χ0n) is 17.0. The minimum atomic E-state index is -2.97. The highest BCUT2D eigenvalue weighted by molar-refractivity contribution is 6.15. The van der Waals surface area contributed by atoms with Crippen molar-refractivity contribution in [2.45, 2.75) is 13.2 Å². The van der Waals surface area contributed by atoms with Gasteiger partial charge in [0.2, 0.25) is 0 Å². The van der Waals surface area contributed by atoms with Gasteiger partial charge in [-0.25, -0.2) is 0 Å². The van der Waals surface area contributed by atoms with Crippen molar-refractivity contribution in [1.82, 2.24) is 4.90 Å². The minimum Gasteiger partial charge on any atom is -0.493 e. The second kappa shape index (κ2) is 9.84. The summed E-state index contributed by atoms with van der Waals surface area (Å²) in [6, 6.07) is 19.8. The van der Waals surface area contributed by atoms with Gasteiger partial charge in [0.25, 0.3) is 5.91 Å². The standard InChI is InChI=1S/C24H21F2NO4/c1-27(15-16-12-13-20(31-24(25)26)21(14-16)30-2)23(29)19-11-7-6-10-18(19)22(28)17-8-4-3-5-9-17/h3-14,24H,15H2,1-2H3. The molecule has 0 atom stereocenters. The molecule has 0 saturated heterocycles. The number of rotatable bonds is 8. The number of amides is 1. The second-order valence-corrected chi connectivity index (χ2v) is 6.77. The largest absolute Gasteiger partial charge is 0.493 e. The number of ether oxygens (including phenoxy) is 2. The van der Waals surface area contributed by atoms with Crippen molar-refractivity contribution in [2.24, 2.45) is 0 Å². The zero-order chi connectivity index (χ0) is 22.4. The molecule has 160 valence electrons. The number of alkyl halides is 2. The summed E-state index contributed by atoms with van der Waals surface area (Å²) >= 11 is 0. The molecule has 0 heterocycles. The lowest BCUT2D eigenvalue weighted by molar-refractivity contribution is -0.0512. The van der Waals surface area contributed by atoms with E-state index in [1.807, 2.05) is 6.07 Å². The van der Waals surface area contributed by atoms with E-state index in [-0.39, 0.29) is 35.3 Å². The molecule has 0 fully saturated rings. The van der Waals surface area contributed by atoms with Crippen LogP contribution in [0.1, 0.15) is 31.8 Å². The molecular formula is C24H21F2NO4. The Morgan fingerprint density at radius 1 is 0.903 bits per heavy atom. The minimum absolute atomic E-state index is 0.0889. The van der Waals surface area contributed by atoms with Crippen LogP contribution in [0.2, 0.25) is 0 Å². The van der Waals surface area contributed by atoms with E-state index in [1.54, 1.807) is 61.6 Å². The molecule has 0 N–H and O–H groups in total. The average molecular weight is 425 g/mol. The van der Waals surface area contributed by atoms with E-state index >= 15 is 0 Å². The third kappa shape index (κ3) is 5.25. The molecule has 5 nitrogen and oxygen atoms in total. The first kappa shape index (κ1) is 22.0. The van der Waals surface area contributed by atoms with Crippen molar-refractivity contribution >= 4 is 11.7 Å². The third-order valence-corrected chi connectivity index (χ3v) is 4.65. The summed E-state index contributed by atoms with van der Waals surface area (Å²) in [5.74, 6) is -0.535. The lowest BCUT2D eigenvalue weighted by atomic mass is 9.97. The number of hydrogen-bond donors (Lipinski definition) is 0. The Hall–Kier alpha value is -3.74. The molecule has 0 radical (unpaired) electrons. The summed E-state index contributed by atoms with van der Waals surface area (Å²) in [5.41, 5.74) is 1.73. The molecule has 0 unspecified atom stereocenters. The summed E-state index contributed by atoms with van der Waals surface area (Å²) in [6.45, 7) is -2.79. The molecular weight excluding hydrogens is 404 g/mol. The van der Waals surface area contributed by atoms with Crippen LogP contribution >= 0.6 is 0 Å². The van der Waals surface area contributed by atoms with Crippen molar-refractivity contribution in [3.05, 3.63) is 95.1 Å². The molecule has 0 bridgehead atoms. The van der Waals surface area contributed by atoms with Crippen molar-refractivity contribution < 1.29 is 27.8 Å². The van der Waals surface area contributed by atoms with E-state index < -0.39 is 6.61 Å². The van der Waals surface area contributed by atoms with Crippen LogP contribution in [0.25, 0.3) is 0 Å². The summed E-state index contributed by atoms with van der Waals surface area (Å²) in [5, 5.41) is 0. The van der Waals surface area contributed by atoms with E-state index in [0.29, 0.717) is 16.7 Å². The Balaban J connectivity index is 1.82. The Morgan fingerprint density at radius 2 is 1.55 bits per heavy atom. The van der Waals surface area contributed by atoms with Crippen LogP contribution < -0.4 is 9.47 Å². The van der Waals surface area contributed by atoms with Gasteiger partial charge in [0.1, 0.15) is 0 Å². The topological polar surface area (TPSA) is 55.8 Å². The number of methoxy groups -OCH3 is 1. The Morgan fingerprint density at radius 3 is 2.19 bits per heavy atom. The number of nitrogens with zero attached hydrogens (tertiary/aromatic N) is 1. The van der Waals surface area contributed by atoms with Gasteiger partial charge in [0, 0.05) is 24.7 Å². The lowest BCUT2D eigenvalue weighted by Gasteiger charge is -2.20. The molecule has 1 amide bonds. The van der Waals surface area contributed by atoms with Crippen LogP contribution in [0.3, 0.4) is 0 Å². The van der Waals surface area contributed by atoms with Crippen molar-refractivity contribution in [2.75, 3.05) is 14.2 Å². The number of carbonyl (C=O) groups excluding carboxylic acids is 2. The predicted molar refractivity (Wildman–Crippen MR) is 112 cm³/mol. The number of carbonyl (C=O) groups is 2. The fourth-order valence-corrected chi connectivity index (χ4v) is 3.17. The molecule has 3 rings (SSSR count). The third-order valence-electron chi connectivity index (χ3n) is 4.65. The van der Waals surface area contributed by atoms with Crippen LogP contribution in [0, 0.1) is 0 Å². The van der Waals surface area contributed by atoms with Gasteiger partial charge in [-0.1, -0.05) is 54.6 Å². The first-order chi connectivity index (χ1) is 14.9. The Kier molecular flexibility index (Phi) is 6.97. The van der Waals surface area contributed by atoms with Gasteiger partial charge < -0.3 is 14.4 Å². The first-order valence-corrected chi connectivity index (χ1v) is 9.46. The Labute approximate surface area is 178 Å². The molecule has 0 aliphatic heterocycles. The number of hydrogen-bond acceptors (Lipinski definition) is 4. The van der Waals surface area contributed by atoms with Gasteiger partial charge in [0.05, 0.1) is 12.7 Å². The predicted octanol–water partition coefficient (Wildman–Crippen LogP) is 4.80. The molecule has 0 aliphatic carbocycles. The van der Waals surface area contributed by atoms with Gasteiger partial charge in [0.15, 0.2) is 17.3 Å². The van der Waals surface area contributed by atoms with Crippen LogP contribution in [0.15, 0.2) is 72.8 Å². The van der Waals surface area contributed by atoms with Crippen molar-refractivity contribution in [3.8, 4) is 11.5 Å². The zero-order valence-corrected chi connectivity index (χ0v) is 17.0. The van der Waals surface area contributed by atoms with Crippen molar-refractivity contribution in [1.29, 1.82) is 0 Å². The summed E-state index contributed by atoms with van der Waals surface area (Å²) in [4.78, 5) is 27.4. The molecule has 0 spiro atoms. The molecule has 7 heteroatoms. The van der Waals surface area contributed by atoms with Crippen LogP contribution in [-0.4, -0.2) is 37.4 Å². The summed E-state index contributed by atoms with van der Waals surface area (Å²) < 4.78 is 34.5. The van der Waals surface area contributed by atoms with Gasteiger partial charge in [-0.3, -0.25) is 9.59 Å². The monoisotopic (exact) mass is 425 g/mol. The quantitative estimate of drug-likeness (QED) is 0.487. The summed E-state index contributed by atoms with van der Waals surface area (Å²) in [7, 11) is 2.94. The SMILES string of the molecule is COc1cc(CN(C)C(=O)c2ccccc2C(=O)c2ccccc2)ccc1OC(F)F. The molecule has 3 aromatic rings. The molecule has 0 aliphatic rings. The smallest absolute Gasteiger partial charge is 0.387 e. The maximum atomic E-state index is 13.1. The van der Waals surface area contributed by atoms with Gasteiger partial charge in [-0.2, -0.15) is 8.78 Å². The lowest BCUT2D eigenvalue weighted by Crippen LogP contribution is -2.28. The van der Waals surface area contributed by atoms with Gasteiger partial charge >= 0.3 is 6.61 Å². The molecule has 0 saturated carbocycles. The van der Waals surface area contributed by atoms with Gasteiger partial charge in [-0.15, -0.1) is 0 Å². The van der Waals surface area contributed by atoms with Crippen LogP contribution in [-0.2, 0) is 6.54 Å². The first-order valence-electron chi connectivity index (χ1n) is 9.46. The number of halogens is 2. The number of ketones is 1. The fourth-order valence-electron chi connectivity index (χ4n) is 3.17. The van der Waals surface area contributed by atoms with E-state index in [9.17, 15) is 18.4 Å². The highest BCUT2D eigenvalue weighted by Crippen LogP contribution is 2.30. The maximum Gasteiger partial charge on any atom is 0.387 e. The average Bonchev–Trinajstić information content (AvgIpc) is 2.79. The second-order valence-electron chi connectivity index (χ2n) is 6.77. The van der Waals surface area contributed by atoms with E-state index in [2.05, 4.69) is 4.74 Å². The van der Waals surface area contributed by atoms with Gasteiger partial charge in [-0.05, 0) is 23.8 Å². The molecule has 3 aromatic carbocycles. The van der Waals surface area contributed by atoms with Crippen LogP contribution in [0.5, 0.6) is 11.5 Å².